The molecule has 1 aliphatic heterocycles. The first-order valence-electron chi connectivity index (χ1n) is 9.91. The Bertz CT molecular complexity index is 1010. The van der Waals surface area contributed by atoms with Gasteiger partial charge in [-0.2, -0.15) is 0 Å². The van der Waals surface area contributed by atoms with E-state index in [2.05, 4.69) is 10.3 Å². The summed E-state index contributed by atoms with van der Waals surface area (Å²) in [5.41, 5.74) is 2.27. The fraction of sp³-hybridized carbons (Fsp3) is 0.364. The topological polar surface area (TPSA) is 73.6 Å². The minimum atomic E-state index is -0.352. The van der Waals surface area contributed by atoms with E-state index < -0.39 is 0 Å². The molecule has 7 heteroatoms. The summed E-state index contributed by atoms with van der Waals surface area (Å²) < 4.78 is 17.1. The number of carbonyl (C=O) groups excluding carboxylic acids is 1. The van der Waals surface area contributed by atoms with Gasteiger partial charge in [0.2, 0.25) is 5.91 Å². The smallest absolute Gasteiger partial charge is 0.257 e. The first-order chi connectivity index (χ1) is 14.2. The Balaban J connectivity index is 1.30. The second-order valence-electron chi connectivity index (χ2n) is 7.43. The Kier molecular flexibility index (Phi) is 4.83. The molecule has 0 radical (unpaired) electrons. The maximum absolute atomic E-state index is 12.8. The van der Waals surface area contributed by atoms with Crippen molar-refractivity contribution in [2.24, 2.45) is 0 Å². The van der Waals surface area contributed by atoms with Crippen LogP contribution >= 0.6 is 11.8 Å². The summed E-state index contributed by atoms with van der Waals surface area (Å²) in [7, 11) is 0. The zero-order valence-electron chi connectivity index (χ0n) is 16.0. The SMILES string of the molecule is O=C(CSc1nc2ccccc2o1)NC1(c2ccc3c(c2)OCCO3)CCCC1. The van der Waals surface area contributed by atoms with Gasteiger partial charge >= 0.3 is 0 Å². The maximum Gasteiger partial charge on any atom is 0.257 e. The molecule has 1 amide bonds. The molecule has 29 heavy (non-hydrogen) atoms. The van der Waals surface area contributed by atoms with Gasteiger partial charge in [0.1, 0.15) is 18.7 Å². The molecule has 150 valence electrons. The molecule has 1 N–H and O–H groups in total. The highest BCUT2D eigenvalue weighted by Gasteiger charge is 2.37. The van der Waals surface area contributed by atoms with Gasteiger partial charge in [-0.1, -0.05) is 42.8 Å². The van der Waals surface area contributed by atoms with Crippen LogP contribution in [-0.4, -0.2) is 29.9 Å². The van der Waals surface area contributed by atoms with Crippen molar-refractivity contribution in [2.75, 3.05) is 19.0 Å². The van der Waals surface area contributed by atoms with Crippen molar-refractivity contribution in [3.63, 3.8) is 0 Å². The number of oxazole rings is 1. The summed E-state index contributed by atoms with van der Waals surface area (Å²) in [5.74, 6) is 1.77. The third-order valence-electron chi connectivity index (χ3n) is 5.53. The van der Waals surface area contributed by atoms with Gasteiger partial charge in [-0.25, -0.2) is 4.98 Å². The largest absolute Gasteiger partial charge is 0.486 e. The number of benzene rings is 2. The van der Waals surface area contributed by atoms with E-state index >= 15 is 0 Å². The van der Waals surface area contributed by atoms with E-state index in [1.54, 1.807) is 0 Å². The zero-order valence-corrected chi connectivity index (χ0v) is 16.8. The average molecular weight is 410 g/mol. The molecule has 1 aromatic heterocycles. The van der Waals surface area contributed by atoms with E-state index in [-0.39, 0.29) is 17.2 Å². The lowest BCUT2D eigenvalue weighted by atomic mass is 9.87. The summed E-state index contributed by atoms with van der Waals surface area (Å²) in [6.45, 7) is 1.12. The Morgan fingerprint density at radius 3 is 2.69 bits per heavy atom. The van der Waals surface area contributed by atoms with Gasteiger partial charge < -0.3 is 19.2 Å². The van der Waals surface area contributed by atoms with Gasteiger partial charge in [-0.05, 0) is 42.7 Å². The fourth-order valence-electron chi connectivity index (χ4n) is 4.15. The monoisotopic (exact) mass is 410 g/mol. The minimum Gasteiger partial charge on any atom is -0.486 e. The molecule has 0 spiro atoms. The van der Waals surface area contributed by atoms with E-state index in [0.717, 1.165) is 53.8 Å². The van der Waals surface area contributed by atoms with E-state index in [1.807, 2.05) is 42.5 Å². The summed E-state index contributed by atoms with van der Waals surface area (Å²) in [6.07, 6.45) is 4.03. The number of hydrogen-bond acceptors (Lipinski definition) is 6. The van der Waals surface area contributed by atoms with E-state index in [9.17, 15) is 4.79 Å². The Hall–Kier alpha value is -2.67. The molecular weight excluding hydrogens is 388 g/mol. The van der Waals surface area contributed by atoms with Gasteiger partial charge in [-0.3, -0.25) is 4.79 Å². The average Bonchev–Trinajstić information content (AvgIpc) is 3.39. The maximum atomic E-state index is 12.8. The fourth-order valence-corrected chi connectivity index (χ4v) is 4.79. The van der Waals surface area contributed by atoms with E-state index in [4.69, 9.17) is 13.9 Å². The lowest BCUT2D eigenvalue weighted by Gasteiger charge is -2.32. The first kappa shape index (κ1) is 18.4. The van der Waals surface area contributed by atoms with Crippen LogP contribution in [0.2, 0.25) is 0 Å². The molecule has 0 saturated heterocycles. The second kappa shape index (κ2) is 7.63. The van der Waals surface area contributed by atoms with Crippen molar-refractivity contribution in [1.82, 2.24) is 10.3 Å². The van der Waals surface area contributed by atoms with Crippen molar-refractivity contribution in [1.29, 1.82) is 0 Å². The van der Waals surface area contributed by atoms with Crippen LogP contribution in [0.3, 0.4) is 0 Å². The van der Waals surface area contributed by atoms with E-state index in [1.165, 1.54) is 11.8 Å². The van der Waals surface area contributed by atoms with Crippen LogP contribution in [0.25, 0.3) is 11.1 Å². The summed E-state index contributed by atoms with van der Waals surface area (Å²) in [6, 6.07) is 13.6. The number of nitrogens with one attached hydrogen (secondary N) is 1. The molecule has 1 saturated carbocycles. The third-order valence-corrected chi connectivity index (χ3v) is 6.36. The van der Waals surface area contributed by atoms with Gasteiger partial charge in [0, 0.05) is 0 Å². The molecule has 2 heterocycles. The molecular formula is C22H22N2O4S. The van der Waals surface area contributed by atoms with Crippen LogP contribution < -0.4 is 14.8 Å². The van der Waals surface area contributed by atoms with Crippen LogP contribution in [0.5, 0.6) is 11.5 Å². The summed E-state index contributed by atoms with van der Waals surface area (Å²) in [5, 5.41) is 3.81. The normalized spacial score (nSPS) is 17.4. The van der Waals surface area contributed by atoms with Crippen LogP contribution in [0.15, 0.2) is 52.1 Å². The molecule has 3 aromatic rings. The number of thioether (sulfide) groups is 1. The van der Waals surface area contributed by atoms with Gasteiger partial charge in [0.05, 0.1) is 11.3 Å². The number of amides is 1. The predicted octanol–water partition coefficient (Wildman–Crippen LogP) is 4.28. The molecule has 5 rings (SSSR count). The van der Waals surface area contributed by atoms with Crippen molar-refractivity contribution >= 4 is 28.8 Å². The summed E-state index contributed by atoms with van der Waals surface area (Å²) in [4.78, 5) is 17.2. The van der Waals surface area contributed by atoms with Crippen molar-refractivity contribution in [3.8, 4) is 11.5 Å². The predicted molar refractivity (Wildman–Crippen MR) is 110 cm³/mol. The van der Waals surface area contributed by atoms with Crippen molar-refractivity contribution in [2.45, 2.75) is 36.4 Å². The van der Waals surface area contributed by atoms with Crippen molar-refractivity contribution < 1.29 is 18.7 Å². The quantitative estimate of drug-likeness (QED) is 0.633. The number of rotatable bonds is 5. The second-order valence-corrected chi connectivity index (χ2v) is 8.36. The van der Waals surface area contributed by atoms with Crippen LogP contribution in [-0.2, 0) is 10.3 Å². The molecule has 6 nitrogen and oxygen atoms in total. The molecule has 0 unspecified atom stereocenters. The number of fused-ring (bicyclic) bond motifs is 2. The van der Waals surface area contributed by atoms with Crippen LogP contribution in [0.1, 0.15) is 31.2 Å². The molecule has 1 fully saturated rings. The zero-order chi connectivity index (χ0) is 19.7. The number of carbonyl (C=O) groups is 1. The van der Waals surface area contributed by atoms with E-state index in [0.29, 0.717) is 18.4 Å². The number of ether oxygens (including phenoxy) is 2. The van der Waals surface area contributed by atoms with Crippen LogP contribution in [0.4, 0.5) is 0 Å². The van der Waals surface area contributed by atoms with Gasteiger partial charge in [0.15, 0.2) is 17.1 Å². The highest BCUT2D eigenvalue weighted by molar-refractivity contribution is 7.99. The number of hydrogen-bond donors (Lipinski definition) is 1. The lowest BCUT2D eigenvalue weighted by Crippen LogP contribution is -2.44. The third kappa shape index (κ3) is 3.67. The Labute approximate surface area is 173 Å². The number of para-hydroxylation sites is 2. The molecule has 0 atom stereocenters. The highest BCUT2D eigenvalue weighted by Crippen LogP contribution is 2.42. The van der Waals surface area contributed by atoms with Gasteiger partial charge in [0.25, 0.3) is 5.22 Å². The Morgan fingerprint density at radius 2 is 1.86 bits per heavy atom. The highest BCUT2D eigenvalue weighted by atomic mass is 32.2. The lowest BCUT2D eigenvalue weighted by molar-refractivity contribution is -0.120. The standard InChI is InChI=1S/C22H22N2O4S/c25-20(14-29-21-23-16-5-1-2-6-17(16)28-21)24-22(9-3-4-10-22)15-7-8-18-19(13-15)27-12-11-26-18/h1-2,5-8,13H,3-4,9-12,14H2,(H,24,25). The van der Waals surface area contributed by atoms with Gasteiger partial charge in [-0.15, -0.1) is 0 Å². The van der Waals surface area contributed by atoms with Crippen molar-refractivity contribution in [3.05, 3.63) is 48.0 Å². The Morgan fingerprint density at radius 1 is 1.07 bits per heavy atom. The molecule has 2 aliphatic rings. The summed E-state index contributed by atoms with van der Waals surface area (Å²) >= 11 is 1.32. The first-order valence-corrected chi connectivity index (χ1v) is 10.9. The van der Waals surface area contributed by atoms with Crippen LogP contribution in [0, 0.1) is 0 Å². The molecule has 0 bridgehead atoms. The molecule has 1 aliphatic carbocycles. The molecule has 2 aromatic carbocycles. The number of nitrogens with zero attached hydrogens (tertiary/aromatic N) is 1. The minimum absolute atomic E-state index is 0.0194. The number of aromatic nitrogens is 1.